The minimum atomic E-state index is -1.37. The number of hydrogen-bond acceptors (Lipinski definition) is 5. The average Bonchev–Trinajstić information content (AvgIpc) is 3.46. The van der Waals surface area contributed by atoms with E-state index >= 15 is 4.39 Å². The van der Waals surface area contributed by atoms with Gasteiger partial charge in [-0.3, -0.25) is 4.79 Å². The van der Waals surface area contributed by atoms with Crippen LogP contribution in [0.15, 0.2) is 115 Å². The van der Waals surface area contributed by atoms with Gasteiger partial charge in [-0.15, -0.1) is 0 Å². The molecule has 0 unspecified atom stereocenters. The van der Waals surface area contributed by atoms with Crippen molar-refractivity contribution in [3.63, 3.8) is 0 Å². The molecule has 3 aliphatic carbocycles. The van der Waals surface area contributed by atoms with Crippen LogP contribution in [0.25, 0.3) is 10.8 Å². The van der Waals surface area contributed by atoms with Crippen LogP contribution in [0.5, 0.6) is 5.75 Å². The van der Waals surface area contributed by atoms with Gasteiger partial charge in [0.05, 0.1) is 25.4 Å². The zero-order valence-electron chi connectivity index (χ0n) is 33.4. The Morgan fingerprint density at radius 1 is 0.966 bits per heavy atom. The number of carbonyl (C=O) groups is 2. The molecule has 5 aromatic rings. The molecule has 0 aromatic heterocycles. The van der Waals surface area contributed by atoms with Crippen molar-refractivity contribution in [3.8, 4) is 5.75 Å². The van der Waals surface area contributed by atoms with E-state index in [-0.39, 0.29) is 47.8 Å². The van der Waals surface area contributed by atoms with Gasteiger partial charge in [0.15, 0.2) is 5.78 Å². The molecular formula is C49H52ClFN2O5. The molecule has 0 spiro atoms. The van der Waals surface area contributed by atoms with Gasteiger partial charge in [0.2, 0.25) is 0 Å². The summed E-state index contributed by atoms with van der Waals surface area (Å²) >= 11 is 6.43. The van der Waals surface area contributed by atoms with E-state index < -0.39 is 22.9 Å². The van der Waals surface area contributed by atoms with Crippen LogP contribution in [0.4, 0.5) is 14.9 Å². The number of halogens is 2. The standard InChI is InChI=1S/C49H52ClFN2O5/c1-32-9-8-25-48(2)43(40-23-17-33(27-37(54)20-16-32)28-41(40)46(55)29-42-44(50)14-7-15-45(42)51)24-26-49(48,57)31-53(47(56)52-36-18-21-38(58-3)22-19-36)30-35-12-6-11-34-10-4-5-13-39(34)35/h4-7,9-15,17-19,21-23,28,37,43,54,57H,8,16,20,24-27,29-31H2,1-3H3,(H,52,56)/t37-,43-,48-,49+/m0/s1. The molecule has 7 nitrogen and oxygen atoms in total. The molecule has 0 heterocycles. The number of methoxy groups -OCH3 is 1. The summed E-state index contributed by atoms with van der Waals surface area (Å²) in [5, 5.41) is 29.6. The summed E-state index contributed by atoms with van der Waals surface area (Å²) in [4.78, 5) is 30.6. The molecule has 3 aliphatic rings. The van der Waals surface area contributed by atoms with Crippen molar-refractivity contribution < 1.29 is 28.9 Å². The number of Topliss-reactive ketones (excluding diaryl/α,β-unsaturated/α-hetero) is 1. The maximum Gasteiger partial charge on any atom is 0.322 e. The van der Waals surface area contributed by atoms with Gasteiger partial charge >= 0.3 is 6.03 Å². The second-order valence-corrected chi connectivity index (χ2v) is 16.8. The minimum absolute atomic E-state index is 0.0340. The van der Waals surface area contributed by atoms with Crippen molar-refractivity contribution >= 4 is 39.9 Å². The Bertz CT molecular complexity index is 2300. The first-order chi connectivity index (χ1) is 27.9. The van der Waals surface area contributed by atoms with E-state index in [0.717, 1.165) is 27.5 Å². The van der Waals surface area contributed by atoms with Gasteiger partial charge in [0, 0.05) is 40.2 Å². The van der Waals surface area contributed by atoms with Crippen LogP contribution >= 0.6 is 11.6 Å². The average molecular weight is 803 g/mol. The van der Waals surface area contributed by atoms with Gasteiger partial charge in [-0.05, 0) is 128 Å². The molecule has 0 saturated heterocycles. The SMILES string of the molecule is COc1ccc(NC(=O)N(Cc2cccc3ccccc23)C[C@]2(O)CC[C@H]3c4ccc(cc4C(=O)Cc4c(F)cccc4Cl)C[C@@H](O)CCC(C)=CCC[C@@]32C)cc1. The number of rotatable bonds is 9. The van der Waals surface area contributed by atoms with Crippen LogP contribution in [-0.4, -0.2) is 52.3 Å². The molecule has 2 amide bonds. The van der Waals surface area contributed by atoms with Crippen LogP contribution in [0.1, 0.15) is 90.9 Å². The number of urea groups is 1. The number of amides is 2. The number of ketones is 1. The molecule has 302 valence electrons. The topological polar surface area (TPSA) is 99.1 Å². The van der Waals surface area contributed by atoms with Crippen molar-refractivity contribution in [1.82, 2.24) is 4.90 Å². The van der Waals surface area contributed by atoms with Gasteiger partial charge in [-0.2, -0.15) is 0 Å². The van der Waals surface area contributed by atoms with E-state index in [1.165, 1.54) is 17.7 Å². The van der Waals surface area contributed by atoms with Crippen molar-refractivity contribution in [1.29, 1.82) is 0 Å². The molecule has 5 aromatic carbocycles. The first-order valence-electron chi connectivity index (χ1n) is 20.2. The summed E-state index contributed by atoms with van der Waals surface area (Å²) in [7, 11) is 1.59. The van der Waals surface area contributed by atoms with Crippen LogP contribution in [0, 0.1) is 11.2 Å². The highest BCUT2D eigenvalue weighted by atomic mass is 35.5. The molecule has 8 rings (SSSR count). The number of hydrogen-bond donors (Lipinski definition) is 3. The predicted molar refractivity (Wildman–Crippen MR) is 229 cm³/mol. The Morgan fingerprint density at radius 2 is 1.72 bits per heavy atom. The first-order valence-corrected chi connectivity index (χ1v) is 20.6. The third kappa shape index (κ3) is 8.70. The molecule has 1 saturated carbocycles. The summed E-state index contributed by atoms with van der Waals surface area (Å²) in [6.45, 7) is 4.45. The molecule has 3 N–H and O–H groups in total. The van der Waals surface area contributed by atoms with E-state index in [1.54, 1.807) is 42.3 Å². The number of allylic oxidation sites excluding steroid dienone is 2. The summed E-state index contributed by atoms with van der Waals surface area (Å²) < 4.78 is 20.4. The van der Waals surface area contributed by atoms with Crippen LogP contribution in [0.3, 0.4) is 0 Å². The second-order valence-electron chi connectivity index (χ2n) is 16.4. The van der Waals surface area contributed by atoms with E-state index in [2.05, 4.69) is 25.2 Å². The predicted octanol–water partition coefficient (Wildman–Crippen LogP) is 10.8. The molecule has 0 radical (unpaired) electrons. The fourth-order valence-electron chi connectivity index (χ4n) is 9.23. The lowest BCUT2D eigenvalue weighted by atomic mass is 9.64. The lowest BCUT2D eigenvalue weighted by molar-refractivity contribution is -0.0773. The third-order valence-corrected chi connectivity index (χ3v) is 13.0. The Hall–Kier alpha value is -5.02. The minimum Gasteiger partial charge on any atom is -0.497 e. The third-order valence-electron chi connectivity index (χ3n) is 12.7. The number of carbonyl (C=O) groups excluding carboxylic acids is 2. The van der Waals surface area contributed by atoms with Crippen LogP contribution in [-0.2, 0) is 19.4 Å². The Balaban J connectivity index is 1.30. The molecule has 1 fully saturated rings. The number of ether oxygens (including phenoxy) is 1. The van der Waals surface area contributed by atoms with Crippen molar-refractivity contribution in [2.45, 2.75) is 89.4 Å². The van der Waals surface area contributed by atoms with Crippen molar-refractivity contribution in [3.05, 3.63) is 153 Å². The van der Waals surface area contributed by atoms with Crippen LogP contribution < -0.4 is 10.1 Å². The highest BCUT2D eigenvalue weighted by Crippen LogP contribution is 2.59. The van der Waals surface area contributed by atoms with Gasteiger partial charge in [0.25, 0.3) is 0 Å². The van der Waals surface area contributed by atoms with E-state index in [9.17, 15) is 19.8 Å². The lowest BCUT2D eigenvalue weighted by Gasteiger charge is -2.46. The Morgan fingerprint density at radius 3 is 2.50 bits per heavy atom. The Kier molecular flexibility index (Phi) is 12.4. The summed E-state index contributed by atoms with van der Waals surface area (Å²) in [5.41, 5.74) is 2.70. The number of aliphatic hydroxyl groups excluding tert-OH is 1. The van der Waals surface area contributed by atoms with Crippen molar-refractivity contribution in [2.75, 3.05) is 19.0 Å². The number of anilines is 1. The Labute approximate surface area is 345 Å². The number of aliphatic hydroxyl groups is 2. The summed E-state index contributed by atoms with van der Waals surface area (Å²) in [5.74, 6) is -0.442. The molecule has 58 heavy (non-hydrogen) atoms. The summed E-state index contributed by atoms with van der Waals surface area (Å²) in [6, 6.07) is 31.1. The maximum absolute atomic E-state index is 15.1. The smallest absolute Gasteiger partial charge is 0.322 e. The monoisotopic (exact) mass is 802 g/mol. The molecule has 4 atom stereocenters. The highest BCUT2D eigenvalue weighted by molar-refractivity contribution is 6.31. The maximum atomic E-state index is 15.1. The van der Waals surface area contributed by atoms with Gasteiger partial charge < -0.3 is 25.2 Å². The van der Waals surface area contributed by atoms with E-state index in [4.69, 9.17) is 16.3 Å². The number of benzene rings is 5. The normalized spacial score (nSPS) is 22.2. The van der Waals surface area contributed by atoms with Crippen molar-refractivity contribution in [2.24, 2.45) is 5.41 Å². The molecule has 2 bridgehead atoms. The zero-order valence-corrected chi connectivity index (χ0v) is 34.2. The molecular weight excluding hydrogens is 751 g/mol. The number of nitrogens with one attached hydrogen (secondary N) is 1. The van der Waals surface area contributed by atoms with Crippen LogP contribution in [0.2, 0.25) is 5.02 Å². The van der Waals surface area contributed by atoms with Gasteiger partial charge in [0.1, 0.15) is 11.6 Å². The zero-order chi connectivity index (χ0) is 41.0. The van der Waals surface area contributed by atoms with E-state index in [1.807, 2.05) is 60.7 Å². The highest BCUT2D eigenvalue weighted by Gasteiger charge is 2.57. The largest absolute Gasteiger partial charge is 0.497 e. The molecule has 9 heteroatoms. The molecule has 0 aliphatic heterocycles. The van der Waals surface area contributed by atoms with Gasteiger partial charge in [-0.25, -0.2) is 9.18 Å². The number of fused-ring (bicyclic) bond motifs is 9. The quantitative estimate of drug-likeness (QED) is 0.102. The first kappa shape index (κ1) is 41.2. The summed E-state index contributed by atoms with van der Waals surface area (Å²) in [6.07, 6.45) is 5.18. The van der Waals surface area contributed by atoms with E-state index in [0.29, 0.717) is 61.9 Å². The number of nitrogens with zero attached hydrogens (tertiary/aromatic N) is 1. The second kappa shape index (κ2) is 17.5. The fraction of sp³-hybridized carbons (Fsp3) is 0.347. The van der Waals surface area contributed by atoms with Gasteiger partial charge in [-0.1, -0.05) is 90.8 Å². The fourth-order valence-corrected chi connectivity index (χ4v) is 9.46. The lowest BCUT2D eigenvalue weighted by Crippen LogP contribution is -2.54.